The number of halogens is 3. The fourth-order valence-corrected chi connectivity index (χ4v) is 3.60. The number of amides is 1. The van der Waals surface area contributed by atoms with Crippen molar-refractivity contribution in [2.24, 2.45) is 11.7 Å². The molecule has 3 aromatic rings. The normalized spacial score (nSPS) is 14.8. The lowest BCUT2D eigenvalue weighted by Crippen LogP contribution is -2.39. The molecule has 0 aliphatic carbocycles. The fraction of sp³-hybridized carbons (Fsp3) is 0.429. The average Bonchev–Trinajstić information content (AvgIpc) is 3.38. The van der Waals surface area contributed by atoms with Crippen molar-refractivity contribution in [2.45, 2.75) is 39.0 Å². The Morgan fingerprint density at radius 3 is 2.48 bits per heavy atom. The number of carbonyl (C=O) groups excluding carboxylic acids is 1. The summed E-state index contributed by atoms with van der Waals surface area (Å²) in [4.78, 5) is 23.6. The summed E-state index contributed by atoms with van der Waals surface area (Å²) in [6.45, 7) is 4.69. The maximum absolute atomic E-state index is 12.8. The summed E-state index contributed by atoms with van der Waals surface area (Å²) < 4.78 is 39.2. The Balaban J connectivity index is 0.000000383. The van der Waals surface area contributed by atoms with E-state index >= 15 is 0 Å². The van der Waals surface area contributed by atoms with E-state index in [1.165, 1.54) is 0 Å². The molecule has 1 aliphatic heterocycles. The van der Waals surface area contributed by atoms with E-state index in [0.29, 0.717) is 12.5 Å². The SMILES string of the molecule is Cc1cc2cc(C(=O)N3CCC(Cn4cc(CN)nn4)CC3)ccc2o1.O=C(O)C(F)(F)F. The number of aryl methyl sites for hydroxylation is 1. The molecule has 0 saturated carbocycles. The Hall–Kier alpha value is -3.41. The van der Waals surface area contributed by atoms with Gasteiger partial charge in [0, 0.05) is 43.3 Å². The number of nitrogens with zero attached hydrogens (tertiary/aromatic N) is 4. The molecule has 0 bridgehead atoms. The minimum Gasteiger partial charge on any atom is -0.475 e. The van der Waals surface area contributed by atoms with Crippen LogP contribution in [-0.2, 0) is 17.9 Å². The highest BCUT2D eigenvalue weighted by atomic mass is 19.4. The predicted octanol–water partition coefficient (Wildman–Crippen LogP) is 2.98. The third kappa shape index (κ3) is 6.31. The van der Waals surface area contributed by atoms with Gasteiger partial charge in [-0.2, -0.15) is 13.2 Å². The van der Waals surface area contributed by atoms with Crippen molar-refractivity contribution < 1.29 is 32.3 Å². The number of nitrogens with two attached hydrogens (primary N) is 1. The summed E-state index contributed by atoms with van der Waals surface area (Å²) in [5.74, 6) is -1.30. The summed E-state index contributed by atoms with van der Waals surface area (Å²) in [5, 5.41) is 16.2. The van der Waals surface area contributed by atoms with Crippen LogP contribution in [0, 0.1) is 12.8 Å². The lowest BCUT2D eigenvalue weighted by Gasteiger charge is -2.32. The van der Waals surface area contributed by atoms with Gasteiger partial charge in [0.25, 0.3) is 5.91 Å². The number of benzene rings is 1. The molecule has 1 amide bonds. The number of carboxylic acids is 1. The van der Waals surface area contributed by atoms with Gasteiger partial charge in [-0.15, -0.1) is 5.10 Å². The monoisotopic (exact) mass is 467 g/mol. The van der Waals surface area contributed by atoms with Gasteiger partial charge in [0.1, 0.15) is 11.3 Å². The Labute approximate surface area is 186 Å². The van der Waals surface area contributed by atoms with E-state index < -0.39 is 12.1 Å². The van der Waals surface area contributed by atoms with Gasteiger partial charge in [0.2, 0.25) is 0 Å². The van der Waals surface area contributed by atoms with Crippen LogP contribution < -0.4 is 5.73 Å². The lowest BCUT2D eigenvalue weighted by molar-refractivity contribution is -0.192. The molecule has 0 atom stereocenters. The van der Waals surface area contributed by atoms with Gasteiger partial charge >= 0.3 is 12.1 Å². The zero-order valence-electron chi connectivity index (χ0n) is 17.9. The number of alkyl halides is 3. The number of carbonyl (C=O) groups is 2. The van der Waals surface area contributed by atoms with Gasteiger partial charge in [-0.25, -0.2) is 4.79 Å². The van der Waals surface area contributed by atoms with E-state index in [9.17, 15) is 18.0 Å². The van der Waals surface area contributed by atoms with Crippen LogP contribution in [0.15, 0.2) is 34.9 Å². The number of fused-ring (bicyclic) bond motifs is 1. The summed E-state index contributed by atoms with van der Waals surface area (Å²) in [5.41, 5.74) is 7.93. The molecule has 4 rings (SSSR count). The minimum absolute atomic E-state index is 0.0929. The largest absolute Gasteiger partial charge is 0.490 e. The number of piperidine rings is 1. The molecule has 178 valence electrons. The molecule has 33 heavy (non-hydrogen) atoms. The third-order valence-corrected chi connectivity index (χ3v) is 5.27. The van der Waals surface area contributed by atoms with Crippen LogP contribution in [0.3, 0.4) is 0 Å². The number of aliphatic carboxylic acids is 1. The van der Waals surface area contributed by atoms with Gasteiger partial charge < -0.3 is 20.2 Å². The van der Waals surface area contributed by atoms with Gasteiger partial charge in [0.15, 0.2) is 0 Å². The molecule has 3 N–H and O–H groups in total. The molecule has 0 radical (unpaired) electrons. The molecule has 12 heteroatoms. The van der Waals surface area contributed by atoms with Gasteiger partial charge in [-0.1, -0.05) is 5.21 Å². The van der Waals surface area contributed by atoms with Crippen LogP contribution in [0.1, 0.15) is 34.7 Å². The summed E-state index contributed by atoms with van der Waals surface area (Å²) in [7, 11) is 0. The second-order valence-corrected chi connectivity index (χ2v) is 7.78. The molecule has 0 unspecified atom stereocenters. The van der Waals surface area contributed by atoms with Crippen molar-refractivity contribution in [3.8, 4) is 0 Å². The second kappa shape index (κ2) is 10.0. The summed E-state index contributed by atoms with van der Waals surface area (Å²) in [6, 6.07) is 7.61. The molecule has 1 saturated heterocycles. The maximum Gasteiger partial charge on any atom is 0.490 e. The molecule has 1 fully saturated rings. The standard InChI is InChI=1S/C19H23N5O2.C2HF3O2/c1-13-8-16-9-15(2-3-18(16)26-13)19(25)23-6-4-14(5-7-23)11-24-12-17(10-20)21-22-24;3-2(4,5)1(6)7/h2-3,8-9,12,14H,4-7,10-11,20H2,1H3;(H,6,7). The van der Waals surface area contributed by atoms with Crippen molar-refractivity contribution in [3.63, 3.8) is 0 Å². The summed E-state index contributed by atoms with van der Waals surface area (Å²) >= 11 is 0. The van der Waals surface area contributed by atoms with Crippen LogP contribution in [0.2, 0.25) is 0 Å². The van der Waals surface area contributed by atoms with Crippen LogP contribution in [0.5, 0.6) is 0 Å². The zero-order chi connectivity index (χ0) is 24.2. The Kier molecular flexibility index (Phi) is 7.36. The first-order valence-electron chi connectivity index (χ1n) is 10.3. The van der Waals surface area contributed by atoms with Crippen molar-refractivity contribution in [1.29, 1.82) is 0 Å². The highest BCUT2D eigenvalue weighted by Gasteiger charge is 2.38. The smallest absolute Gasteiger partial charge is 0.475 e. The third-order valence-electron chi connectivity index (χ3n) is 5.27. The summed E-state index contributed by atoms with van der Waals surface area (Å²) in [6.07, 6.45) is -1.24. The molecule has 3 heterocycles. The van der Waals surface area contributed by atoms with E-state index in [0.717, 1.165) is 60.5 Å². The molecule has 0 spiro atoms. The Morgan fingerprint density at radius 2 is 1.91 bits per heavy atom. The van der Waals surface area contributed by atoms with Gasteiger partial charge in [0.05, 0.1) is 5.69 Å². The highest BCUT2D eigenvalue weighted by molar-refractivity contribution is 5.97. The van der Waals surface area contributed by atoms with E-state index in [4.69, 9.17) is 20.1 Å². The van der Waals surface area contributed by atoms with Gasteiger partial charge in [-0.05, 0) is 49.9 Å². The van der Waals surface area contributed by atoms with Crippen molar-refractivity contribution in [1.82, 2.24) is 19.9 Å². The average molecular weight is 467 g/mol. The minimum atomic E-state index is -5.08. The highest BCUT2D eigenvalue weighted by Crippen LogP contribution is 2.24. The van der Waals surface area contributed by atoms with Crippen molar-refractivity contribution in [2.75, 3.05) is 13.1 Å². The van der Waals surface area contributed by atoms with E-state index in [-0.39, 0.29) is 5.91 Å². The van der Waals surface area contributed by atoms with Crippen LogP contribution in [0.4, 0.5) is 13.2 Å². The molecule has 9 nitrogen and oxygen atoms in total. The number of rotatable bonds is 4. The first-order chi connectivity index (χ1) is 15.6. The number of hydrogen-bond acceptors (Lipinski definition) is 6. The van der Waals surface area contributed by atoms with Crippen LogP contribution in [-0.4, -0.2) is 56.1 Å². The number of hydrogen-bond donors (Lipinski definition) is 2. The van der Waals surface area contributed by atoms with Crippen LogP contribution in [0.25, 0.3) is 11.0 Å². The second-order valence-electron chi connectivity index (χ2n) is 7.78. The first kappa shape index (κ1) is 24.2. The Morgan fingerprint density at radius 1 is 1.24 bits per heavy atom. The number of aromatic nitrogens is 3. The van der Waals surface area contributed by atoms with E-state index in [1.54, 1.807) is 0 Å². The fourth-order valence-electron chi connectivity index (χ4n) is 3.60. The van der Waals surface area contributed by atoms with E-state index in [2.05, 4.69) is 10.3 Å². The van der Waals surface area contributed by atoms with E-state index in [1.807, 2.05) is 47.0 Å². The van der Waals surface area contributed by atoms with Crippen molar-refractivity contribution in [3.05, 3.63) is 47.5 Å². The zero-order valence-corrected chi connectivity index (χ0v) is 17.9. The quantitative estimate of drug-likeness (QED) is 0.604. The maximum atomic E-state index is 12.8. The van der Waals surface area contributed by atoms with Gasteiger partial charge in [-0.3, -0.25) is 9.48 Å². The number of carboxylic acid groups (broad SMARTS) is 1. The molecule has 2 aromatic heterocycles. The van der Waals surface area contributed by atoms with Crippen LogP contribution >= 0.6 is 0 Å². The first-order valence-corrected chi connectivity index (χ1v) is 10.3. The lowest BCUT2D eigenvalue weighted by atomic mass is 9.96. The number of furan rings is 1. The molecule has 1 aliphatic rings. The molecular formula is C21H24F3N5O4. The van der Waals surface area contributed by atoms with Crippen molar-refractivity contribution >= 4 is 22.8 Å². The molecule has 1 aromatic carbocycles. The Bertz CT molecular complexity index is 1120. The molecular weight excluding hydrogens is 443 g/mol. The topological polar surface area (TPSA) is 127 Å². The number of likely N-dealkylation sites (tertiary alicyclic amines) is 1. The predicted molar refractivity (Wildman–Crippen MR) is 111 cm³/mol.